The van der Waals surface area contributed by atoms with Crippen molar-refractivity contribution in [1.82, 2.24) is 5.16 Å². The summed E-state index contributed by atoms with van der Waals surface area (Å²) in [5, 5.41) is 3.55. The number of hydrogen-bond donors (Lipinski definition) is 1. The fourth-order valence-corrected chi connectivity index (χ4v) is 1.53. The Bertz CT molecular complexity index is 514. The molecule has 0 spiro atoms. The smallest absolute Gasteiger partial charge is 0.172 e. The van der Waals surface area contributed by atoms with Gasteiger partial charge in [-0.25, -0.2) is 8.78 Å². The number of hydrogen-bond acceptors (Lipinski definition) is 3. The molecule has 0 atom stereocenters. The lowest BCUT2D eigenvalue weighted by molar-refractivity contribution is 0.446. The highest BCUT2D eigenvalue weighted by Gasteiger charge is 2.26. The molecule has 0 amide bonds. The molecule has 5 heteroatoms. The Morgan fingerprint density at radius 1 is 1.40 bits per heavy atom. The standard InChI is InChI=1S/C10H10F2N2O/c1-10(2,13)8-6(11)3-7-5(9(8)12)4-14-15-7/h3-4H,13H2,1-2H3. The average molecular weight is 212 g/mol. The van der Waals surface area contributed by atoms with E-state index in [9.17, 15) is 8.78 Å². The highest BCUT2D eigenvalue weighted by Crippen LogP contribution is 2.29. The third-order valence-corrected chi connectivity index (χ3v) is 2.20. The van der Waals surface area contributed by atoms with Crippen molar-refractivity contribution in [3.63, 3.8) is 0 Å². The molecule has 15 heavy (non-hydrogen) atoms. The zero-order valence-electron chi connectivity index (χ0n) is 8.34. The van der Waals surface area contributed by atoms with Crippen LogP contribution in [0.15, 0.2) is 16.8 Å². The number of benzene rings is 1. The minimum atomic E-state index is -1.08. The SMILES string of the molecule is CC(C)(N)c1c(F)cc2oncc2c1F. The van der Waals surface area contributed by atoms with Crippen LogP contribution in [0.2, 0.25) is 0 Å². The molecule has 1 aromatic carbocycles. The summed E-state index contributed by atoms with van der Waals surface area (Å²) in [6.07, 6.45) is 1.21. The van der Waals surface area contributed by atoms with Gasteiger partial charge in [-0.2, -0.15) is 0 Å². The highest BCUT2D eigenvalue weighted by atomic mass is 19.1. The number of nitrogens with zero attached hydrogens (tertiary/aromatic N) is 1. The van der Waals surface area contributed by atoms with Crippen molar-refractivity contribution in [3.05, 3.63) is 29.5 Å². The summed E-state index contributed by atoms with van der Waals surface area (Å²) >= 11 is 0. The third-order valence-electron chi connectivity index (χ3n) is 2.20. The van der Waals surface area contributed by atoms with Crippen LogP contribution < -0.4 is 5.73 Å². The second-order valence-corrected chi connectivity index (χ2v) is 4.01. The number of aromatic nitrogens is 1. The monoisotopic (exact) mass is 212 g/mol. The minimum Gasteiger partial charge on any atom is -0.356 e. The van der Waals surface area contributed by atoms with E-state index in [0.29, 0.717) is 0 Å². The van der Waals surface area contributed by atoms with Gasteiger partial charge in [-0.05, 0) is 13.8 Å². The molecule has 2 aromatic rings. The van der Waals surface area contributed by atoms with E-state index in [1.54, 1.807) is 0 Å². The van der Waals surface area contributed by atoms with E-state index in [1.807, 2.05) is 0 Å². The van der Waals surface area contributed by atoms with Crippen molar-refractivity contribution in [2.24, 2.45) is 5.73 Å². The molecular formula is C10H10F2N2O. The summed E-state index contributed by atoms with van der Waals surface area (Å²) in [5.41, 5.74) is 4.53. The maximum Gasteiger partial charge on any atom is 0.172 e. The molecule has 3 nitrogen and oxygen atoms in total. The maximum atomic E-state index is 13.8. The Balaban J connectivity index is 2.84. The normalized spacial score (nSPS) is 12.3. The zero-order valence-corrected chi connectivity index (χ0v) is 8.34. The fraction of sp³-hybridized carbons (Fsp3) is 0.300. The van der Waals surface area contributed by atoms with Crippen LogP contribution >= 0.6 is 0 Å². The van der Waals surface area contributed by atoms with Crippen LogP contribution in [-0.2, 0) is 5.54 Å². The summed E-state index contributed by atoms with van der Waals surface area (Å²) in [7, 11) is 0. The lowest BCUT2D eigenvalue weighted by Gasteiger charge is -2.20. The quantitative estimate of drug-likeness (QED) is 0.789. The van der Waals surface area contributed by atoms with Crippen molar-refractivity contribution >= 4 is 11.0 Å². The number of fused-ring (bicyclic) bond motifs is 1. The molecule has 0 aliphatic rings. The van der Waals surface area contributed by atoms with Gasteiger partial charge in [0.05, 0.1) is 11.6 Å². The fourth-order valence-electron chi connectivity index (χ4n) is 1.53. The van der Waals surface area contributed by atoms with Crippen LogP contribution in [0.4, 0.5) is 8.78 Å². The molecular weight excluding hydrogens is 202 g/mol. The molecule has 0 aliphatic carbocycles. The van der Waals surface area contributed by atoms with E-state index in [1.165, 1.54) is 20.0 Å². The molecule has 0 bridgehead atoms. The van der Waals surface area contributed by atoms with Crippen LogP contribution in [0, 0.1) is 11.6 Å². The van der Waals surface area contributed by atoms with Gasteiger partial charge in [0.15, 0.2) is 5.58 Å². The zero-order chi connectivity index (χ0) is 11.2. The Labute approximate surface area is 84.8 Å². The van der Waals surface area contributed by atoms with E-state index in [-0.39, 0.29) is 16.5 Å². The van der Waals surface area contributed by atoms with Crippen LogP contribution in [-0.4, -0.2) is 5.16 Å². The lowest BCUT2D eigenvalue weighted by Crippen LogP contribution is -2.31. The van der Waals surface area contributed by atoms with Crippen molar-refractivity contribution in [1.29, 1.82) is 0 Å². The molecule has 0 fully saturated rings. The largest absolute Gasteiger partial charge is 0.356 e. The molecule has 0 aliphatic heterocycles. The molecule has 2 rings (SSSR count). The van der Waals surface area contributed by atoms with Crippen molar-refractivity contribution in [3.8, 4) is 0 Å². The van der Waals surface area contributed by atoms with E-state index < -0.39 is 17.2 Å². The first-order chi connectivity index (χ1) is 6.91. The Hall–Kier alpha value is -1.49. The first-order valence-electron chi connectivity index (χ1n) is 4.43. The van der Waals surface area contributed by atoms with E-state index >= 15 is 0 Å². The third kappa shape index (κ3) is 1.48. The molecule has 1 heterocycles. The molecule has 1 aromatic heterocycles. The maximum absolute atomic E-state index is 13.8. The van der Waals surface area contributed by atoms with Crippen LogP contribution in [0.25, 0.3) is 11.0 Å². The molecule has 0 saturated carbocycles. The van der Waals surface area contributed by atoms with Gasteiger partial charge in [0.1, 0.15) is 11.6 Å². The summed E-state index contributed by atoms with van der Waals surface area (Å²) in [5.74, 6) is -1.43. The summed E-state index contributed by atoms with van der Waals surface area (Å²) in [6, 6.07) is 1.09. The first-order valence-corrected chi connectivity index (χ1v) is 4.43. The van der Waals surface area contributed by atoms with Gasteiger partial charge in [0, 0.05) is 17.2 Å². The van der Waals surface area contributed by atoms with Gasteiger partial charge in [-0.3, -0.25) is 0 Å². The van der Waals surface area contributed by atoms with Crippen LogP contribution in [0.5, 0.6) is 0 Å². The van der Waals surface area contributed by atoms with E-state index in [0.717, 1.165) is 6.07 Å². The van der Waals surface area contributed by atoms with Gasteiger partial charge in [-0.15, -0.1) is 0 Å². The Morgan fingerprint density at radius 3 is 2.67 bits per heavy atom. The van der Waals surface area contributed by atoms with Crippen molar-refractivity contribution < 1.29 is 13.3 Å². The van der Waals surface area contributed by atoms with E-state index in [2.05, 4.69) is 9.68 Å². The number of halogens is 2. The topological polar surface area (TPSA) is 52.0 Å². The summed E-state index contributed by atoms with van der Waals surface area (Å²) in [6.45, 7) is 3.07. The molecule has 80 valence electrons. The van der Waals surface area contributed by atoms with Crippen molar-refractivity contribution in [2.75, 3.05) is 0 Å². The van der Waals surface area contributed by atoms with Gasteiger partial charge >= 0.3 is 0 Å². The van der Waals surface area contributed by atoms with Crippen molar-refractivity contribution in [2.45, 2.75) is 19.4 Å². The van der Waals surface area contributed by atoms with Gasteiger partial charge in [0.25, 0.3) is 0 Å². The Morgan fingerprint density at radius 2 is 2.07 bits per heavy atom. The van der Waals surface area contributed by atoms with Crippen LogP contribution in [0.3, 0.4) is 0 Å². The van der Waals surface area contributed by atoms with E-state index in [4.69, 9.17) is 5.73 Å². The molecule has 0 unspecified atom stereocenters. The summed E-state index contributed by atoms with van der Waals surface area (Å²) in [4.78, 5) is 0. The number of nitrogens with two attached hydrogens (primary N) is 1. The predicted molar refractivity (Wildman–Crippen MR) is 51.1 cm³/mol. The van der Waals surface area contributed by atoms with Crippen LogP contribution in [0.1, 0.15) is 19.4 Å². The molecule has 0 radical (unpaired) electrons. The molecule has 0 saturated heterocycles. The second kappa shape index (κ2) is 3.00. The predicted octanol–water partition coefficient (Wildman–Crippen LogP) is 2.30. The average Bonchev–Trinajstić information content (AvgIpc) is 2.48. The summed E-state index contributed by atoms with van der Waals surface area (Å²) < 4.78 is 32.1. The van der Waals surface area contributed by atoms with Gasteiger partial charge in [-0.1, -0.05) is 5.16 Å². The van der Waals surface area contributed by atoms with Gasteiger partial charge in [0.2, 0.25) is 0 Å². The lowest BCUT2D eigenvalue weighted by atomic mass is 9.93. The number of rotatable bonds is 1. The first kappa shape index (κ1) is 10.0. The highest BCUT2D eigenvalue weighted by molar-refractivity contribution is 5.78. The Kier molecular flexibility index (Phi) is 2.01. The second-order valence-electron chi connectivity index (χ2n) is 4.01. The molecule has 2 N–H and O–H groups in total. The van der Waals surface area contributed by atoms with Gasteiger partial charge < -0.3 is 10.3 Å². The minimum absolute atomic E-state index is 0.0815.